The van der Waals surface area contributed by atoms with Crippen molar-refractivity contribution in [2.24, 2.45) is 11.7 Å². The van der Waals surface area contributed by atoms with Gasteiger partial charge in [0, 0.05) is 29.8 Å². The Morgan fingerprint density at radius 2 is 1.96 bits per heavy atom. The van der Waals surface area contributed by atoms with Gasteiger partial charge in [-0.05, 0) is 43.5 Å². The van der Waals surface area contributed by atoms with E-state index in [-0.39, 0.29) is 40.8 Å². The molecular formula is C20H21ClFN3O2. The van der Waals surface area contributed by atoms with E-state index in [1.807, 2.05) is 0 Å². The molecule has 0 aromatic heterocycles. The summed E-state index contributed by atoms with van der Waals surface area (Å²) in [5.41, 5.74) is 6.94. The van der Waals surface area contributed by atoms with E-state index in [4.69, 9.17) is 17.3 Å². The molecule has 3 rings (SSSR count). The Balaban J connectivity index is 1.66. The Labute approximate surface area is 162 Å². The maximum atomic E-state index is 13.7. The van der Waals surface area contributed by atoms with Gasteiger partial charge in [-0.3, -0.25) is 9.59 Å². The van der Waals surface area contributed by atoms with Crippen LogP contribution < -0.4 is 16.4 Å². The third kappa shape index (κ3) is 4.84. The molecule has 142 valence electrons. The molecule has 0 aliphatic heterocycles. The number of nitrogens with two attached hydrogens (primary N) is 1. The van der Waals surface area contributed by atoms with Crippen molar-refractivity contribution in [1.82, 2.24) is 5.32 Å². The standard InChI is InChI=1S/C20H21ClFN3O2/c21-17-8-7-15(25-19(26)12-5-6-14(23)9-12)10-16(17)20(27)24-11-13-3-1-2-4-18(13)22/h1-4,7-8,10,12,14H,5-6,9,11,23H2,(H,24,27)(H,25,26). The van der Waals surface area contributed by atoms with Crippen LogP contribution in [-0.4, -0.2) is 17.9 Å². The van der Waals surface area contributed by atoms with Gasteiger partial charge in [0.05, 0.1) is 10.6 Å². The minimum atomic E-state index is -0.442. The second kappa shape index (κ2) is 8.50. The largest absolute Gasteiger partial charge is 0.348 e. The lowest BCUT2D eigenvalue weighted by molar-refractivity contribution is -0.119. The molecule has 1 saturated carbocycles. The lowest BCUT2D eigenvalue weighted by atomic mass is 10.1. The van der Waals surface area contributed by atoms with Crippen LogP contribution >= 0.6 is 11.6 Å². The first-order valence-corrected chi connectivity index (χ1v) is 9.19. The van der Waals surface area contributed by atoms with Gasteiger partial charge in [-0.2, -0.15) is 0 Å². The molecule has 0 heterocycles. The maximum Gasteiger partial charge on any atom is 0.253 e. The molecule has 0 bridgehead atoms. The van der Waals surface area contributed by atoms with Crippen LogP contribution in [0.15, 0.2) is 42.5 Å². The number of nitrogens with one attached hydrogen (secondary N) is 2. The van der Waals surface area contributed by atoms with E-state index in [0.29, 0.717) is 17.7 Å². The molecule has 2 atom stereocenters. The second-order valence-corrected chi connectivity index (χ2v) is 7.14. The highest BCUT2D eigenvalue weighted by Crippen LogP contribution is 2.26. The Hall–Kier alpha value is -2.44. The molecule has 2 unspecified atom stereocenters. The third-order valence-electron chi connectivity index (χ3n) is 4.72. The summed E-state index contributed by atoms with van der Waals surface area (Å²) in [6.07, 6.45) is 2.26. The zero-order chi connectivity index (χ0) is 19.4. The lowest BCUT2D eigenvalue weighted by Gasteiger charge is -2.13. The van der Waals surface area contributed by atoms with Gasteiger partial charge in [-0.25, -0.2) is 4.39 Å². The molecule has 0 spiro atoms. The van der Waals surface area contributed by atoms with Crippen molar-refractivity contribution in [2.75, 3.05) is 5.32 Å². The predicted molar refractivity (Wildman–Crippen MR) is 103 cm³/mol. The minimum Gasteiger partial charge on any atom is -0.348 e. The predicted octanol–water partition coefficient (Wildman–Crippen LogP) is 3.48. The Bertz CT molecular complexity index is 859. The van der Waals surface area contributed by atoms with Crippen LogP contribution in [0.2, 0.25) is 5.02 Å². The number of benzene rings is 2. The van der Waals surface area contributed by atoms with Crippen molar-refractivity contribution < 1.29 is 14.0 Å². The fourth-order valence-corrected chi connectivity index (χ4v) is 3.39. The molecule has 1 aliphatic carbocycles. The SMILES string of the molecule is NC1CCC(C(=O)Nc2ccc(Cl)c(C(=O)NCc3ccccc3F)c2)C1. The van der Waals surface area contributed by atoms with Gasteiger partial charge in [0.25, 0.3) is 5.91 Å². The summed E-state index contributed by atoms with van der Waals surface area (Å²) in [5.74, 6) is -1.06. The van der Waals surface area contributed by atoms with Crippen LogP contribution in [0, 0.1) is 11.7 Å². The first kappa shape index (κ1) is 19.3. The second-order valence-electron chi connectivity index (χ2n) is 6.73. The van der Waals surface area contributed by atoms with E-state index in [9.17, 15) is 14.0 Å². The Morgan fingerprint density at radius 3 is 2.67 bits per heavy atom. The number of amides is 2. The smallest absolute Gasteiger partial charge is 0.253 e. The molecule has 27 heavy (non-hydrogen) atoms. The monoisotopic (exact) mass is 389 g/mol. The number of carbonyl (C=O) groups is 2. The third-order valence-corrected chi connectivity index (χ3v) is 5.05. The van der Waals surface area contributed by atoms with E-state index in [2.05, 4.69) is 10.6 Å². The summed E-state index contributed by atoms with van der Waals surface area (Å²) in [6.45, 7) is 0.0401. The van der Waals surface area contributed by atoms with E-state index in [0.717, 1.165) is 12.8 Å². The molecule has 7 heteroatoms. The van der Waals surface area contributed by atoms with Gasteiger partial charge < -0.3 is 16.4 Å². The van der Waals surface area contributed by atoms with Crippen LogP contribution in [0.25, 0.3) is 0 Å². The molecule has 4 N–H and O–H groups in total. The molecule has 1 aliphatic rings. The van der Waals surface area contributed by atoms with Crippen molar-refractivity contribution in [3.05, 3.63) is 64.4 Å². The fraction of sp³-hybridized carbons (Fsp3) is 0.300. The normalized spacial score (nSPS) is 18.9. The Morgan fingerprint density at radius 1 is 1.19 bits per heavy atom. The van der Waals surface area contributed by atoms with E-state index in [1.54, 1.807) is 30.3 Å². The summed E-state index contributed by atoms with van der Waals surface area (Å²) in [6, 6.07) is 11.0. The number of hydrogen-bond donors (Lipinski definition) is 3. The van der Waals surface area contributed by atoms with Crippen molar-refractivity contribution in [3.63, 3.8) is 0 Å². The molecule has 0 radical (unpaired) electrons. The number of halogens is 2. The van der Waals surface area contributed by atoms with E-state index >= 15 is 0 Å². The molecule has 5 nitrogen and oxygen atoms in total. The Kier molecular flexibility index (Phi) is 6.08. The number of anilines is 1. The zero-order valence-electron chi connectivity index (χ0n) is 14.7. The average Bonchev–Trinajstić information content (AvgIpc) is 3.09. The van der Waals surface area contributed by atoms with E-state index in [1.165, 1.54) is 12.1 Å². The van der Waals surface area contributed by atoms with Gasteiger partial charge >= 0.3 is 0 Å². The van der Waals surface area contributed by atoms with Crippen molar-refractivity contribution in [3.8, 4) is 0 Å². The molecule has 1 fully saturated rings. The highest BCUT2D eigenvalue weighted by Gasteiger charge is 2.27. The molecule has 2 amide bonds. The van der Waals surface area contributed by atoms with Gasteiger partial charge in [-0.1, -0.05) is 29.8 Å². The minimum absolute atomic E-state index is 0.0401. The summed E-state index contributed by atoms with van der Waals surface area (Å²) in [4.78, 5) is 24.8. The first-order valence-electron chi connectivity index (χ1n) is 8.81. The summed E-state index contributed by atoms with van der Waals surface area (Å²) in [5, 5.41) is 5.71. The van der Waals surface area contributed by atoms with Crippen LogP contribution in [0.1, 0.15) is 35.2 Å². The topological polar surface area (TPSA) is 84.2 Å². The quantitative estimate of drug-likeness (QED) is 0.732. The lowest BCUT2D eigenvalue weighted by Crippen LogP contribution is -2.25. The number of hydrogen-bond acceptors (Lipinski definition) is 3. The van der Waals surface area contributed by atoms with Crippen LogP contribution in [0.5, 0.6) is 0 Å². The van der Waals surface area contributed by atoms with Gasteiger partial charge in [-0.15, -0.1) is 0 Å². The highest BCUT2D eigenvalue weighted by atomic mass is 35.5. The number of carbonyl (C=O) groups excluding carboxylic acids is 2. The summed E-state index contributed by atoms with van der Waals surface area (Å²) >= 11 is 6.12. The van der Waals surface area contributed by atoms with Crippen molar-refractivity contribution in [1.29, 1.82) is 0 Å². The molecule has 0 saturated heterocycles. The zero-order valence-corrected chi connectivity index (χ0v) is 15.4. The van der Waals surface area contributed by atoms with Crippen molar-refractivity contribution >= 4 is 29.1 Å². The first-order chi connectivity index (χ1) is 12.9. The molecule has 2 aromatic carbocycles. The van der Waals surface area contributed by atoms with E-state index < -0.39 is 5.91 Å². The van der Waals surface area contributed by atoms with Gasteiger partial charge in [0.1, 0.15) is 5.82 Å². The molecular weight excluding hydrogens is 369 g/mol. The molecule has 2 aromatic rings. The van der Waals surface area contributed by atoms with Gasteiger partial charge in [0.2, 0.25) is 5.91 Å². The average molecular weight is 390 g/mol. The van der Waals surface area contributed by atoms with Crippen LogP contribution in [0.3, 0.4) is 0 Å². The maximum absolute atomic E-state index is 13.7. The highest BCUT2D eigenvalue weighted by molar-refractivity contribution is 6.34. The van der Waals surface area contributed by atoms with Crippen LogP contribution in [-0.2, 0) is 11.3 Å². The van der Waals surface area contributed by atoms with Crippen molar-refractivity contribution in [2.45, 2.75) is 31.8 Å². The fourth-order valence-electron chi connectivity index (χ4n) is 3.19. The van der Waals surface area contributed by atoms with Gasteiger partial charge in [0.15, 0.2) is 0 Å². The number of rotatable bonds is 5. The summed E-state index contributed by atoms with van der Waals surface area (Å²) in [7, 11) is 0. The summed E-state index contributed by atoms with van der Waals surface area (Å²) < 4.78 is 13.7. The van der Waals surface area contributed by atoms with Crippen LogP contribution in [0.4, 0.5) is 10.1 Å².